The molecule has 0 aliphatic rings. The lowest BCUT2D eigenvalue weighted by Crippen LogP contribution is -2.16. The molecule has 0 radical (unpaired) electrons. The van der Waals surface area contributed by atoms with Crippen LogP contribution in [-0.2, 0) is 6.54 Å². The molecule has 2 aromatic rings. The van der Waals surface area contributed by atoms with Gasteiger partial charge in [0.1, 0.15) is 0 Å². The van der Waals surface area contributed by atoms with Gasteiger partial charge >= 0.3 is 0 Å². The summed E-state index contributed by atoms with van der Waals surface area (Å²) in [4.78, 5) is 8.98. The molecule has 0 saturated heterocycles. The Bertz CT molecular complexity index is 487. The number of hydrogen-bond acceptors (Lipinski definition) is 4. The zero-order valence-corrected chi connectivity index (χ0v) is 11.5. The fourth-order valence-corrected chi connectivity index (χ4v) is 2.38. The molecule has 3 nitrogen and oxygen atoms in total. The third-order valence-corrected chi connectivity index (χ3v) is 3.64. The number of nitrogens with zero attached hydrogens (tertiary/aromatic N) is 2. The van der Waals surface area contributed by atoms with E-state index in [9.17, 15) is 0 Å². The topological polar surface area (TPSA) is 37.8 Å². The molecular formula is C14H19N3S. The maximum Gasteiger partial charge on any atom is 0.0890 e. The number of hydrogen-bond donors (Lipinski definition) is 1. The predicted molar refractivity (Wildman–Crippen MR) is 78.9 cm³/mol. The fourth-order valence-electron chi connectivity index (χ4n) is 1.74. The van der Waals surface area contributed by atoms with Crippen LogP contribution in [-0.4, -0.2) is 28.0 Å². The maximum atomic E-state index is 4.58. The van der Waals surface area contributed by atoms with Crippen LogP contribution in [0.15, 0.2) is 30.5 Å². The molecule has 0 unspecified atom stereocenters. The molecule has 0 spiro atoms. The molecule has 1 heterocycles. The molecule has 0 bridgehead atoms. The first-order chi connectivity index (χ1) is 8.90. The molecule has 1 aromatic heterocycles. The molecule has 0 fully saturated rings. The molecule has 0 saturated carbocycles. The second-order valence-electron chi connectivity index (χ2n) is 4.08. The van der Waals surface area contributed by atoms with E-state index in [1.54, 1.807) is 0 Å². The van der Waals surface area contributed by atoms with Gasteiger partial charge in [0.05, 0.1) is 22.9 Å². The van der Waals surface area contributed by atoms with Crippen LogP contribution in [0.1, 0.15) is 19.0 Å². The van der Waals surface area contributed by atoms with Crippen molar-refractivity contribution < 1.29 is 0 Å². The third kappa shape index (κ3) is 3.96. The zero-order valence-electron chi connectivity index (χ0n) is 10.7. The van der Waals surface area contributed by atoms with Crippen LogP contribution in [0.4, 0.5) is 0 Å². The molecule has 0 amide bonds. The minimum atomic E-state index is 0.800. The Morgan fingerprint density at radius 3 is 2.89 bits per heavy atom. The molecule has 1 N–H and O–H groups in total. The summed E-state index contributed by atoms with van der Waals surface area (Å²) in [5, 5.41) is 3.41. The van der Waals surface area contributed by atoms with E-state index in [4.69, 9.17) is 0 Å². The minimum absolute atomic E-state index is 0.800. The van der Waals surface area contributed by atoms with E-state index >= 15 is 0 Å². The van der Waals surface area contributed by atoms with Gasteiger partial charge < -0.3 is 5.32 Å². The van der Waals surface area contributed by atoms with Crippen molar-refractivity contribution in [2.24, 2.45) is 0 Å². The monoisotopic (exact) mass is 261 g/mol. The van der Waals surface area contributed by atoms with E-state index in [-0.39, 0.29) is 0 Å². The van der Waals surface area contributed by atoms with E-state index in [1.807, 2.05) is 42.2 Å². The number of thioether (sulfide) groups is 1. The van der Waals surface area contributed by atoms with E-state index in [0.29, 0.717) is 0 Å². The first-order valence-corrected chi connectivity index (χ1v) is 7.54. The highest BCUT2D eigenvalue weighted by atomic mass is 32.2. The van der Waals surface area contributed by atoms with Gasteiger partial charge in [0.25, 0.3) is 0 Å². The van der Waals surface area contributed by atoms with Crippen molar-refractivity contribution in [2.75, 3.05) is 18.1 Å². The average Bonchev–Trinajstić information content (AvgIpc) is 2.42. The summed E-state index contributed by atoms with van der Waals surface area (Å²) in [6.45, 7) is 4.04. The summed E-state index contributed by atoms with van der Waals surface area (Å²) in [5.41, 5.74) is 2.94. The van der Waals surface area contributed by atoms with E-state index < -0.39 is 0 Å². The Labute approximate surface area is 112 Å². The predicted octanol–water partition coefficient (Wildman–Crippen LogP) is 2.86. The summed E-state index contributed by atoms with van der Waals surface area (Å²) in [5.74, 6) is 2.43. The quantitative estimate of drug-likeness (QED) is 0.778. The molecule has 2 rings (SSSR count). The number of nitrogens with one attached hydrogen (secondary N) is 1. The van der Waals surface area contributed by atoms with Crippen molar-refractivity contribution in [2.45, 2.75) is 19.9 Å². The van der Waals surface area contributed by atoms with E-state index in [1.165, 1.54) is 17.9 Å². The highest BCUT2D eigenvalue weighted by molar-refractivity contribution is 7.99. The van der Waals surface area contributed by atoms with Gasteiger partial charge in [-0.1, -0.05) is 19.1 Å². The Morgan fingerprint density at radius 2 is 2.06 bits per heavy atom. The van der Waals surface area contributed by atoms with Crippen LogP contribution in [0.2, 0.25) is 0 Å². The minimum Gasteiger partial charge on any atom is -0.311 e. The van der Waals surface area contributed by atoms with Crippen LogP contribution in [0.3, 0.4) is 0 Å². The first-order valence-electron chi connectivity index (χ1n) is 6.39. The number of fused-ring (bicyclic) bond motifs is 1. The average molecular weight is 261 g/mol. The van der Waals surface area contributed by atoms with Gasteiger partial charge in [-0.15, -0.1) is 0 Å². The summed E-state index contributed by atoms with van der Waals surface area (Å²) in [7, 11) is 0. The van der Waals surface area contributed by atoms with Crippen LogP contribution in [0.5, 0.6) is 0 Å². The largest absolute Gasteiger partial charge is 0.311 e. The molecular weight excluding hydrogens is 242 g/mol. The Balaban J connectivity index is 1.81. The first kappa shape index (κ1) is 13.3. The highest BCUT2D eigenvalue weighted by Gasteiger charge is 1.98. The van der Waals surface area contributed by atoms with Gasteiger partial charge in [-0.2, -0.15) is 11.8 Å². The van der Waals surface area contributed by atoms with Crippen LogP contribution < -0.4 is 5.32 Å². The van der Waals surface area contributed by atoms with Crippen LogP contribution in [0.25, 0.3) is 11.0 Å². The SMILES string of the molecule is CCSCCCNCc1cnc2ccccc2n1. The maximum absolute atomic E-state index is 4.58. The van der Waals surface area contributed by atoms with Crippen molar-refractivity contribution in [3.8, 4) is 0 Å². The molecule has 18 heavy (non-hydrogen) atoms. The summed E-state index contributed by atoms with van der Waals surface area (Å²) < 4.78 is 0. The van der Waals surface area contributed by atoms with Gasteiger partial charge in [-0.3, -0.25) is 4.98 Å². The summed E-state index contributed by atoms with van der Waals surface area (Å²) in [6.07, 6.45) is 3.07. The van der Waals surface area contributed by atoms with Crippen molar-refractivity contribution in [1.82, 2.24) is 15.3 Å². The van der Waals surface area contributed by atoms with Gasteiger partial charge in [-0.05, 0) is 36.6 Å². The second kappa shape index (κ2) is 7.34. The highest BCUT2D eigenvalue weighted by Crippen LogP contribution is 2.08. The standard InChI is InChI=1S/C14H19N3S/c1-2-18-9-5-8-15-10-12-11-16-13-6-3-4-7-14(13)17-12/h3-4,6-7,11,15H,2,5,8-10H2,1H3. The van der Waals surface area contributed by atoms with Gasteiger partial charge in [-0.25, -0.2) is 4.98 Å². The summed E-state index contributed by atoms with van der Waals surface area (Å²) in [6, 6.07) is 7.97. The van der Waals surface area contributed by atoms with E-state index in [0.717, 1.165) is 29.8 Å². The van der Waals surface area contributed by atoms with Crippen LogP contribution in [0, 0.1) is 0 Å². The lowest BCUT2D eigenvalue weighted by molar-refractivity contribution is 0.667. The molecule has 1 aromatic carbocycles. The Kier molecular flexibility index (Phi) is 5.42. The van der Waals surface area contributed by atoms with Crippen molar-refractivity contribution in [3.63, 3.8) is 0 Å². The normalized spacial score (nSPS) is 10.9. The Hall–Kier alpha value is -1.13. The summed E-state index contributed by atoms with van der Waals surface area (Å²) >= 11 is 1.99. The smallest absolute Gasteiger partial charge is 0.0890 e. The van der Waals surface area contributed by atoms with Crippen molar-refractivity contribution in [1.29, 1.82) is 0 Å². The molecule has 0 aliphatic carbocycles. The molecule has 0 aliphatic heterocycles. The molecule has 4 heteroatoms. The Morgan fingerprint density at radius 1 is 1.22 bits per heavy atom. The second-order valence-corrected chi connectivity index (χ2v) is 5.47. The van der Waals surface area contributed by atoms with Crippen molar-refractivity contribution >= 4 is 22.8 Å². The van der Waals surface area contributed by atoms with Crippen LogP contribution >= 0.6 is 11.8 Å². The zero-order chi connectivity index (χ0) is 12.6. The lowest BCUT2D eigenvalue weighted by Gasteiger charge is -2.04. The third-order valence-electron chi connectivity index (χ3n) is 2.65. The van der Waals surface area contributed by atoms with Crippen molar-refractivity contribution in [3.05, 3.63) is 36.2 Å². The molecule has 96 valence electrons. The molecule has 0 atom stereocenters. The van der Waals surface area contributed by atoms with E-state index in [2.05, 4.69) is 22.2 Å². The van der Waals surface area contributed by atoms with Gasteiger partial charge in [0.15, 0.2) is 0 Å². The number of benzene rings is 1. The van der Waals surface area contributed by atoms with Gasteiger partial charge in [0.2, 0.25) is 0 Å². The fraction of sp³-hybridized carbons (Fsp3) is 0.429. The number of rotatable bonds is 7. The van der Waals surface area contributed by atoms with Gasteiger partial charge in [0, 0.05) is 6.54 Å². The lowest BCUT2D eigenvalue weighted by atomic mass is 10.3. The number of aromatic nitrogens is 2. The number of para-hydroxylation sites is 2.